The molecular weight excluding hydrogens is 216 g/mol. The van der Waals surface area contributed by atoms with E-state index in [1.54, 1.807) is 0 Å². The van der Waals surface area contributed by atoms with Crippen molar-refractivity contribution >= 4 is 11.8 Å². The predicted molar refractivity (Wildman–Crippen MR) is 73.2 cm³/mol. The van der Waals surface area contributed by atoms with E-state index in [2.05, 4.69) is 42.7 Å². The van der Waals surface area contributed by atoms with Gasteiger partial charge in [-0.15, -0.1) is 0 Å². The molecule has 2 nitrogen and oxygen atoms in total. The van der Waals surface area contributed by atoms with Gasteiger partial charge in [0.1, 0.15) is 0 Å². The van der Waals surface area contributed by atoms with Crippen molar-refractivity contribution in [2.24, 2.45) is 5.92 Å². The minimum atomic E-state index is 0.274. The molecule has 0 radical (unpaired) electrons. The van der Waals surface area contributed by atoms with Gasteiger partial charge in [-0.1, -0.05) is 0 Å². The summed E-state index contributed by atoms with van der Waals surface area (Å²) in [5.41, 5.74) is 0.274. The monoisotopic (exact) mass is 242 g/mol. The number of hydrogen-bond donors (Lipinski definition) is 1. The Kier molecular flexibility index (Phi) is 4.20. The molecule has 2 aliphatic rings. The number of thioether (sulfide) groups is 1. The van der Waals surface area contributed by atoms with Gasteiger partial charge in [-0.05, 0) is 58.4 Å². The zero-order valence-corrected chi connectivity index (χ0v) is 11.8. The second kappa shape index (κ2) is 5.28. The molecular formula is C13H26N2S. The largest absolute Gasteiger partial charge is 0.312 e. The summed E-state index contributed by atoms with van der Waals surface area (Å²) in [7, 11) is 0. The summed E-state index contributed by atoms with van der Waals surface area (Å²) in [6.45, 7) is 10.6. The molecule has 3 heteroatoms. The topological polar surface area (TPSA) is 15.3 Å². The second-order valence-corrected chi connectivity index (χ2v) is 7.45. The van der Waals surface area contributed by atoms with Crippen molar-refractivity contribution in [3.63, 3.8) is 0 Å². The zero-order valence-electron chi connectivity index (χ0n) is 11.0. The number of likely N-dealkylation sites (tertiary alicyclic amines) is 1. The third kappa shape index (κ3) is 3.64. The van der Waals surface area contributed by atoms with Gasteiger partial charge in [-0.2, -0.15) is 11.8 Å². The molecule has 0 aromatic rings. The molecule has 94 valence electrons. The van der Waals surface area contributed by atoms with Crippen LogP contribution in [0.2, 0.25) is 0 Å². The summed E-state index contributed by atoms with van der Waals surface area (Å²) in [6, 6.07) is 0.893. The van der Waals surface area contributed by atoms with Crippen LogP contribution in [0, 0.1) is 5.92 Å². The zero-order chi connectivity index (χ0) is 11.6. The van der Waals surface area contributed by atoms with E-state index in [1.165, 1.54) is 44.0 Å². The maximum atomic E-state index is 3.64. The van der Waals surface area contributed by atoms with Crippen molar-refractivity contribution < 1.29 is 0 Å². The SMILES string of the molecule is CC(C)(C)NCC1CCN(C2CCSC2)C1. The van der Waals surface area contributed by atoms with Gasteiger partial charge in [-0.25, -0.2) is 0 Å². The molecule has 2 aliphatic heterocycles. The standard InChI is InChI=1S/C13H26N2S/c1-13(2,3)14-8-11-4-6-15(9-11)12-5-7-16-10-12/h11-12,14H,4-10H2,1-3H3. The minimum absolute atomic E-state index is 0.274. The summed E-state index contributed by atoms with van der Waals surface area (Å²) < 4.78 is 0. The molecule has 0 bridgehead atoms. The Morgan fingerprint density at radius 1 is 1.31 bits per heavy atom. The lowest BCUT2D eigenvalue weighted by Gasteiger charge is -2.25. The summed E-state index contributed by atoms with van der Waals surface area (Å²) in [6.07, 6.45) is 2.81. The van der Waals surface area contributed by atoms with Gasteiger partial charge < -0.3 is 5.32 Å². The van der Waals surface area contributed by atoms with Gasteiger partial charge >= 0.3 is 0 Å². The van der Waals surface area contributed by atoms with Crippen LogP contribution in [-0.4, -0.2) is 47.6 Å². The summed E-state index contributed by atoms with van der Waals surface area (Å²) >= 11 is 2.13. The number of rotatable bonds is 3. The van der Waals surface area contributed by atoms with E-state index in [9.17, 15) is 0 Å². The molecule has 2 fully saturated rings. The predicted octanol–water partition coefficient (Wildman–Crippen LogP) is 2.20. The lowest BCUT2D eigenvalue weighted by Crippen LogP contribution is -2.40. The van der Waals surface area contributed by atoms with Crippen LogP contribution < -0.4 is 5.32 Å². The van der Waals surface area contributed by atoms with Crippen LogP contribution in [-0.2, 0) is 0 Å². The highest BCUT2D eigenvalue weighted by Gasteiger charge is 2.30. The second-order valence-electron chi connectivity index (χ2n) is 6.30. The smallest absolute Gasteiger partial charge is 0.0194 e. The number of hydrogen-bond acceptors (Lipinski definition) is 3. The first-order valence-electron chi connectivity index (χ1n) is 6.61. The van der Waals surface area contributed by atoms with Crippen molar-refractivity contribution in [2.75, 3.05) is 31.1 Å². The maximum Gasteiger partial charge on any atom is 0.0194 e. The third-order valence-electron chi connectivity index (χ3n) is 3.66. The van der Waals surface area contributed by atoms with E-state index in [1.807, 2.05) is 0 Å². The normalized spacial score (nSPS) is 32.4. The fourth-order valence-corrected chi connectivity index (χ4v) is 3.88. The summed E-state index contributed by atoms with van der Waals surface area (Å²) in [5.74, 6) is 3.63. The maximum absolute atomic E-state index is 3.64. The van der Waals surface area contributed by atoms with Crippen molar-refractivity contribution in [3.05, 3.63) is 0 Å². The Labute approximate surface area is 105 Å². The molecule has 16 heavy (non-hydrogen) atoms. The van der Waals surface area contributed by atoms with Crippen LogP contribution in [0.1, 0.15) is 33.6 Å². The van der Waals surface area contributed by atoms with Crippen LogP contribution >= 0.6 is 11.8 Å². The molecule has 2 saturated heterocycles. The molecule has 2 atom stereocenters. The third-order valence-corrected chi connectivity index (χ3v) is 4.81. The van der Waals surface area contributed by atoms with Crippen LogP contribution in [0.15, 0.2) is 0 Å². The quantitative estimate of drug-likeness (QED) is 0.817. The van der Waals surface area contributed by atoms with E-state index < -0.39 is 0 Å². The Morgan fingerprint density at radius 3 is 2.75 bits per heavy atom. The van der Waals surface area contributed by atoms with Crippen molar-refractivity contribution in [2.45, 2.75) is 45.2 Å². The molecule has 1 N–H and O–H groups in total. The molecule has 2 unspecified atom stereocenters. The number of nitrogens with zero attached hydrogens (tertiary/aromatic N) is 1. The van der Waals surface area contributed by atoms with Crippen molar-refractivity contribution in [1.29, 1.82) is 0 Å². The van der Waals surface area contributed by atoms with Crippen molar-refractivity contribution in [1.82, 2.24) is 10.2 Å². The molecule has 0 aromatic carbocycles. The first-order valence-corrected chi connectivity index (χ1v) is 7.77. The van der Waals surface area contributed by atoms with E-state index in [0.29, 0.717) is 0 Å². The van der Waals surface area contributed by atoms with Gasteiger partial charge in [-0.3, -0.25) is 4.90 Å². The van der Waals surface area contributed by atoms with E-state index in [0.717, 1.165) is 12.0 Å². The minimum Gasteiger partial charge on any atom is -0.312 e. The van der Waals surface area contributed by atoms with E-state index >= 15 is 0 Å². The van der Waals surface area contributed by atoms with Crippen molar-refractivity contribution in [3.8, 4) is 0 Å². The molecule has 2 heterocycles. The lowest BCUT2D eigenvalue weighted by molar-refractivity contribution is 0.250. The van der Waals surface area contributed by atoms with Gasteiger partial charge in [0.25, 0.3) is 0 Å². The molecule has 0 aliphatic carbocycles. The molecule has 2 rings (SSSR count). The Balaban J connectivity index is 1.71. The highest BCUT2D eigenvalue weighted by Crippen LogP contribution is 2.27. The Hall–Kier alpha value is 0.270. The molecule has 0 spiro atoms. The van der Waals surface area contributed by atoms with Gasteiger partial charge in [0, 0.05) is 23.9 Å². The lowest BCUT2D eigenvalue weighted by atomic mass is 10.1. The van der Waals surface area contributed by atoms with E-state index in [-0.39, 0.29) is 5.54 Å². The van der Waals surface area contributed by atoms with E-state index in [4.69, 9.17) is 0 Å². The Bertz CT molecular complexity index is 218. The molecule has 0 amide bonds. The van der Waals surface area contributed by atoms with Gasteiger partial charge in [0.05, 0.1) is 0 Å². The van der Waals surface area contributed by atoms with Gasteiger partial charge in [0.2, 0.25) is 0 Å². The summed E-state index contributed by atoms with van der Waals surface area (Å²) in [5, 5.41) is 3.64. The highest BCUT2D eigenvalue weighted by molar-refractivity contribution is 7.99. The molecule has 0 aromatic heterocycles. The van der Waals surface area contributed by atoms with Crippen LogP contribution in [0.3, 0.4) is 0 Å². The number of nitrogens with one attached hydrogen (secondary N) is 1. The molecule has 0 saturated carbocycles. The van der Waals surface area contributed by atoms with Crippen LogP contribution in [0.4, 0.5) is 0 Å². The average Bonchev–Trinajstić information content (AvgIpc) is 2.84. The fraction of sp³-hybridized carbons (Fsp3) is 1.00. The summed E-state index contributed by atoms with van der Waals surface area (Å²) in [4.78, 5) is 2.73. The van der Waals surface area contributed by atoms with Crippen LogP contribution in [0.5, 0.6) is 0 Å². The van der Waals surface area contributed by atoms with Crippen LogP contribution in [0.25, 0.3) is 0 Å². The first kappa shape index (κ1) is 12.7. The first-order chi connectivity index (χ1) is 7.54. The fourth-order valence-electron chi connectivity index (χ4n) is 2.62. The highest BCUT2D eigenvalue weighted by atomic mass is 32.2. The average molecular weight is 242 g/mol. The Morgan fingerprint density at radius 2 is 2.12 bits per heavy atom. The van der Waals surface area contributed by atoms with Gasteiger partial charge in [0.15, 0.2) is 0 Å².